The van der Waals surface area contributed by atoms with E-state index in [0.29, 0.717) is 18.7 Å². The fraction of sp³-hybridized carbons (Fsp3) is 0.500. The SMILES string of the molecule is COCC(CCO)NC(=O)c1cc(Br)c[nH]1. The van der Waals surface area contributed by atoms with E-state index in [-0.39, 0.29) is 18.6 Å². The fourth-order valence-corrected chi connectivity index (χ4v) is 1.66. The number of rotatable bonds is 6. The minimum absolute atomic E-state index is 0.0166. The monoisotopic (exact) mass is 290 g/mol. The molecule has 1 aromatic heterocycles. The Balaban J connectivity index is 2.54. The minimum atomic E-state index is -0.207. The number of methoxy groups -OCH3 is 1. The molecule has 1 amide bonds. The first-order valence-corrected chi connectivity index (χ1v) is 5.71. The molecular formula is C10H15BrN2O3. The first kappa shape index (κ1) is 13.2. The molecule has 16 heavy (non-hydrogen) atoms. The molecule has 6 heteroatoms. The van der Waals surface area contributed by atoms with Crippen LogP contribution in [0.15, 0.2) is 16.7 Å². The number of hydrogen-bond acceptors (Lipinski definition) is 3. The van der Waals surface area contributed by atoms with Crippen LogP contribution in [-0.2, 0) is 4.74 Å². The van der Waals surface area contributed by atoms with E-state index < -0.39 is 0 Å². The zero-order valence-corrected chi connectivity index (χ0v) is 10.6. The highest BCUT2D eigenvalue weighted by Gasteiger charge is 2.14. The molecule has 0 aliphatic carbocycles. The number of carbonyl (C=O) groups is 1. The number of aliphatic hydroxyl groups is 1. The maximum Gasteiger partial charge on any atom is 0.268 e. The Hall–Kier alpha value is -0.850. The lowest BCUT2D eigenvalue weighted by Gasteiger charge is -2.16. The van der Waals surface area contributed by atoms with Crippen LogP contribution in [0.2, 0.25) is 0 Å². The van der Waals surface area contributed by atoms with Crippen molar-refractivity contribution in [1.29, 1.82) is 0 Å². The Morgan fingerprint density at radius 3 is 3.00 bits per heavy atom. The van der Waals surface area contributed by atoms with Gasteiger partial charge in [-0.15, -0.1) is 0 Å². The third kappa shape index (κ3) is 3.96. The zero-order chi connectivity index (χ0) is 12.0. The Morgan fingerprint density at radius 1 is 1.75 bits per heavy atom. The fourth-order valence-electron chi connectivity index (χ4n) is 1.32. The van der Waals surface area contributed by atoms with Gasteiger partial charge in [-0.25, -0.2) is 0 Å². The molecule has 0 saturated carbocycles. The molecule has 0 saturated heterocycles. The van der Waals surface area contributed by atoms with Crippen molar-refractivity contribution in [3.8, 4) is 0 Å². The largest absolute Gasteiger partial charge is 0.396 e. The van der Waals surface area contributed by atoms with Crippen LogP contribution in [0.5, 0.6) is 0 Å². The van der Waals surface area contributed by atoms with Crippen molar-refractivity contribution >= 4 is 21.8 Å². The summed E-state index contributed by atoms with van der Waals surface area (Å²) in [5.74, 6) is -0.207. The van der Waals surface area contributed by atoms with E-state index in [9.17, 15) is 4.79 Å². The Labute approximate surface area is 102 Å². The van der Waals surface area contributed by atoms with Gasteiger partial charge in [0, 0.05) is 24.4 Å². The summed E-state index contributed by atoms with van der Waals surface area (Å²) < 4.78 is 5.78. The third-order valence-corrected chi connectivity index (χ3v) is 2.53. The lowest BCUT2D eigenvalue weighted by atomic mass is 10.2. The van der Waals surface area contributed by atoms with Gasteiger partial charge in [0.05, 0.1) is 12.6 Å². The van der Waals surface area contributed by atoms with Crippen molar-refractivity contribution in [2.45, 2.75) is 12.5 Å². The number of nitrogens with one attached hydrogen (secondary N) is 2. The lowest BCUT2D eigenvalue weighted by Crippen LogP contribution is -2.38. The summed E-state index contributed by atoms with van der Waals surface area (Å²) in [6.07, 6.45) is 2.16. The average Bonchev–Trinajstić information content (AvgIpc) is 2.65. The number of aliphatic hydroxyl groups excluding tert-OH is 1. The molecule has 5 nitrogen and oxygen atoms in total. The van der Waals surface area contributed by atoms with Gasteiger partial charge < -0.3 is 20.1 Å². The van der Waals surface area contributed by atoms with Crippen molar-refractivity contribution in [1.82, 2.24) is 10.3 Å². The molecule has 0 aliphatic rings. The van der Waals surface area contributed by atoms with Crippen molar-refractivity contribution in [2.24, 2.45) is 0 Å². The number of aromatic nitrogens is 1. The summed E-state index contributed by atoms with van der Waals surface area (Å²) in [7, 11) is 1.56. The summed E-state index contributed by atoms with van der Waals surface area (Å²) in [4.78, 5) is 14.6. The molecule has 0 aromatic carbocycles. The molecule has 0 fully saturated rings. The summed E-state index contributed by atoms with van der Waals surface area (Å²) in [6, 6.07) is 1.52. The van der Waals surface area contributed by atoms with Crippen LogP contribution in [0.25, 0.3) is 0 Å². The van der Waals surface area contributed by atoms with E-state index >= 15 is 0 Å². The third-order valence-electron chi connectivity index (χ3n) is 2.07. The Morgan fingerprint density at radius 2 is 2.50 bits per heavy atom. The molecule has 0 bridgehead atoms. The van der Waals surface area contributed by atoms with Gasteiger partial charge in [0.25, 0.3) is 5.91 Å². The highest BCUT2D eigenvalue weighted by Crippen LogP contribution is 2.10. The quantitative estimate of drug-likeness (QED) is 0.729. The van der Waals surface area contributed by atoms with Crippen molar-refractivity contribution in [2.75, 3.05) is 20.3 Å². The summed E-state index contributed by atoms with van der Waals surface area (Å²) >= 11 is 3.25. The van der Waals surface area contributed by atoms with Gasteiger partial charge in [0.1, 0.15) is 5.69 Å². The molecule has 1 rings (SSSR count). The Kier molecular flexibility index (Phi) is 5.51. The maximum absolute atomic E-state index is 11.7. The number of halogens is 1. The molecule has 90 valence electrons. The number of ether oxygens (including phenoxy) is 1. The van der Waals surface area contributed by atoms with Crippen LogP contribution in [-0.4, -0.2) is 42.4 Å². The van der Waals surface area contributed by atoms with Crippen LogP contribution >= 0.6 is 15.9 Å². The van der Waals surface area contributed by atoms with Gasteiger partial charge in [-0.1, -0.05) is 0 Å². The second kappa shape index (κ2) is 6.67. The van der Waals surface area contributed by atoms with Gasteiger partial charge >= 0.3 is 0 Å². The highest BCUT2D eigenvalue weighted by molar-refractivity contribution is 9.10. The summed E-state index contributed by atoms with van der Waals surface area (Å²) in [5.41, 5.74) is 0.478. The number of aromatic amines is 1. The molecule has 1 unspecified atom stereocenters. The molecular weight excluding hydrogens is 276 g/mol. The molecule has 1 heterocycles. The van der Waals surface area contributed by atoms with Gasteiger partial charge in [0.2, 0.25) is 0 Å². The number of hydrogen-bond donors (Lipinski definition) is 3. The molecule has 1 atom stereocenters. The van der Waals surface area contributed by atoms with Gasteiger partial charge in [-0.3, -0.25) is 4.79 Å². The topological polar surface area (TPSA) is 74.3 Å². The smallest absolute Gasteiger partial charge is 0.268 e. The van der Waals surface area contributed by atoms with E-state index in [0.717, 1.165) is 4.47 Å². The van der Waals surface area contributed by atoms with Crippen LogP contribution in [0, 0.1) is 0 Å². The molecule has 3 N–H and O–H groups in total. The number of carbonyl (C=O) groups excluding carboxylic acids is 1. The van der Waals surface area contributed by atoms with Gasteiger partial charge in [-0.05, 0) is 28.4 Å². The summed E-state index contributed by atoms with van der Waals surface area (Å²) in [6.45, 7) is 0.400. The predicted molar refractivity (Wildman–Crippen MR) is 63.3 cm³/mol. The standard InChI is InChI=1S/C10H15BrN2O3/c1-16-6-8(2-3-14)13-10(15)9-4-7(11)5-12-9/h4-5,8,12,14H,2-3,6H2,1H3,(H,13,15). The lowest BCUT2D eigenvalue weighted by molar-refractivity contribution is 0.0874. The zero-order valence-electron chi connectivity index (χ0n) is 9.00. The number of H-pyrrole nitrogens is 1. The van der Waals surface area contributed by atoms with Crippen LogP contribution < -0.4 is 5.32 Å². The first-order valence-electron chi connectivity index (χ1n) is 4.92. The Bertz CT molecular complexity index is 335. The van der Waals surface area contributed by atoms with Crippen molar-refractivity contribution in [3.63, 3.8) is 0 Å². The van der Waals surface area contributed by atoms with Crippen LogP contribution in [0.4, 0.5) is 0 Å². The van der Waals surface area contributed by atoms with Crippen molar-refractivity contribution in [3.05, 3.63) is 22.4 Å². The van der Waals surface area contributed by atoms with Gasteiger partial charge in [-0.2, -0.15) is 0 Å². The minimum Gasteiger partial charge on any atom is -0.396 e. The molecule has 0 radical (unpaired) electrons. The van der Waals surface area contributed by atoms with E-state index in [2.05, 4.69) is 26.2 Å². The van der Waals surface area contributed by atoms with Crippen LogP contribution in [0.3, 0.4) is 0 Å². The highest BCUT2D eigenvalue weighted by atomic mass is 79.9. The van der Waals surface area contributed by atoms with Crippen LogP contribution in [0.1, 0.15) is 16.9 Å². The van der Waals surface area contributed by atoms with E-state index in [4.69, 9.17) is 9.84 Å². The molecule has 1 aromatic rings. The second-order valence-electron chi connectivity index (χ2n) is 3.37. The van der Waals surface area contributed by atoms with E-state index in [1.54, 1.807) is 19.4 Å². The molecule has 0 spiro atoms. The van der Waals surface area contributed by atoms with Crippen molar-refractivity contribution < 1.29 is 14.6 Å². The molecule has 0 aliphatic heterocycles. The average molecular weight is 291 g/mol. The normalized spacial score (nSPS) is 12.4. The second-order valence-corrected chi connectivity index (χ2v) is 4.29. The number of amides is 1. The summed E-state index contributed by atoms with van der Waals surface area (Å²) in [5, 5.41) is 11.6. The van der Waals surface area contributed by atoms with Gasteiger partial charge in [0.15, 0.2) is 0 Å². The predicted octanol–water partition coefficient (Wildman–Crippen LogP) is 0.904. The van der Waals surface area contributed by atoms with E-state index in [1.165, 1.54) is 0 Å². The van der Waals surface area contributed by atoms with E-state index in [1.807, 2.05) is 0 Å². The maximum atomic E-state index is 11.7. The first-order chi connectivity index (χ1) is 7.67.